The van der Waals surface area contributed by atoms with Gasteiger partial charge in [-0.1, -0.05) is 43.7 Å². The Hall–Kier alpha value is -2.67. The van der Waals surface area contributed by atoms with Gasteiger partial charge in [-0.05, 0) is 44.2 Å². The summed E-state index contributed by atoms with van der Waals surface area (Å²) in [5, 5.41) is 15.6. The third-order valence-electron chi connectivity index (χ3n) is 6.96. The summed E-state index contributed by atoms with van der Waals surface area (Å²) in [6.07, 6.45) is 5.63. The van der Waals surface area contributed by atoms with Crippen LogP contribution in [-0.2, 0) is 14.4 Å². The Kier molecular flexibility index (Phi) is 7.39. The molecule has 1 aromatic rings. The first-order valence-electron chi connectivity index (χ1n) is 11.5. The van der Waals surface area contributed by atoms with Gasteiger partial charge in [0.25, 0.3) is 0 Å². The number of aliphatic hydroxyl groups is 1. The first kappa shape index (κ1) is 24.0. The van der Waals surface area contributed by atoms with Crippen molar-refractivity contribution in [3.05, 3.63) is 41.5 Å². The molecular formula is C25H35N3O4. The zero-order chi connectivity index (χ0) is 23.6. The summed E-state index contributed by atoms with van der Waals surface area (Å²) in [6.45, 7) is 7.38. The topological polar surface area (TPSA) is 98.7 Å². The highest BCUT2D eigenvalue weighted by atomic mass is 16.3. The van der Waals surface area contributed by atoms with Gasteiger partial charge in [-0.2, -0.15) is 0 Å². The normalized spacial score (nSPS) is 27.8. The summed E-state index contributed by atoms with van der Waals surface area (Å²) in [6, 6.07) is 4.46. The number of hydrogen-bond acceptors (Lipinski definition) is 4. The second-order valence-corrected chi connectivity index (χ2v) is 9.06. The minimum absolute atomic E-state index is 0.0585. The number of anilines is 1. The van der Waals surface area contributed by atoms with Crippen LogP contribution in [0.2, 0.25) is 0 Å². The maximum Gasteiger partial charge on any atom is 0.247 e. The smallest absolute Gasteiger partial charge is 0.247 e. The molecule has 3 amide bonds. The number of benzene rings is 1. The van der Waals surface area contributed by atoms with Crippen LogP contribution in [0.25, 0.3) is 0 Å². The first-order chi connectivity index (χ1) is 15.3. The molecule has 1 fully saturated rings. The fraction of sp³-hybridized carbons (Fsp3) is 0.560. The summed E-state index contributed by atoms with van der Waals surface area (Å²) < 4.78 is 0. The number of hydrogen-bond donors (Lipinski definition) is 3. The second-order valence-electron chi connectivity index (χ2n) is 9.06. The predicted octanol–water partition coefficient (Wildman–Crippen LogP) is 2.41. The highest BCUT2D eigenvalue weighted by Crippen LogP contribution is 2.46. The van der Waals surface area contributed by atoms with Gasteiger partial charge in [-0.25, -0.2) is 0 Å². The number of likely N-dealkylation sites (tertiary alicyclic amines) is 1. The van der Waals surface area contributed by atoms with Crippen LogP contribution in [0.1, 0.15) is 37.8 Å². The molecule has 1 heterocycles. The van der Waals surface area contributed by atoms with E-state index in [1.165, 1.54) is 4.90 Å². The molecule has 1 aliphatic carbocycles. The van der Waals surface area contributed by atoms with Gasteiger partial charge in [-0.3, -0.25) is 14.4 Å². The maximum absolute atomic E-state index is 13.6. The lowest BCUT2D eigenvalue weighted by Gasteiger charge is -2.34. The van der Waals surface area contributed by atoms with Crippen molar-refractivity contribution in [2.45, 2.75) is 52.6 Å². The number of fused-ring (bicyclic) bond motifs is 1. The van der Waals surface area contributed by atoms with Crippen molar-refractivity contribution in [3.8, 4) is 0 Å². The van der Waals surface area contributed by atoms with Gasteiger partial charge in [0.2, 0.25) is 17.7 Å². The Morgan fingerprint density at radius 2 is 1.81 bits per heavy atom. The standard InChI is InChI=1S/C25H35N3O4/c1-6-8-17-11-12-18-20(19(17)23(30)26-5)25(32)28(16(4)13-29)22(18)24(31)27-21-14(2)9-7-10-15(21)3/h7,9-12,16-20,22,29H,6,8,13H2,1-5H3,(H,26,30)(H,27,31)/t16-,17-,18+,19-,20+,22+/m1/s1. The number of carbonyl (C=O) groups excluding carboxylic acids is 3. The van der Waals surface area contributed by atoms with Crippen LogP contribution >= 0.6 is 0 Å². The number of allylic oxidation sites excluding steroid dienone is 1. The van der Waals surface area contributed by atoms with Gasteiger partial charge in [0, 0.05) is 18.7 Å². The number of carbonyl (C=O) groups is 3. The molecule has 0 spiro atoms. The Morgan fingerprint density at radius 1 is 1.16 bits per heavy atom. The SMILES string of the molecule is CCC[C@@H]1C=C[C@H]2[C@H](C(=O)N([C@H](C)CO)[C@@H]2C(=O)Nc2c(C)cccc2C)[C@@H]1C(=O)NC. The van der Waals surface area contributed by atoms with E-state index in [9.17, 15) is 19.5 Å². The Bertz CT molecular complexity index is 892. The molecule has 0 saturated carbocycles. The molecular weight excluding hydrogens is 406 g/mol. The number of nitrogens with zero attached hydrogens (tertiary/aromatic N) is 1. The lowest BCUT2D eigenvalue weighted by molar-refractivity contribution is -0.142. The molecule has 1 aliphatic heterocycles. The largest absolute Gasteiger partial charge is 0.394 e. The van der Waals surface area contributed by atoms with Crippen molar-refractivity contribution in [3.63, 3.8) is 0 Å². The molecule has 2 aliphatic rings. The second kappa shape index (κ2) is 9.86. The van der Waals surface area contributed by atoms with E-state index in [1.807, 2.05) is 44.2 Å². The van der Waals surface area contributed by atoms with Gasteiger partial charge in [-0.15, -0.1) is 0 Å². The number of rotatable bonds is 7. The van der Waals surface area contributed by atoms with Gasteiger partial charge in [0.15, 0.2) is 0 Å². The van der Waals surface area contributed by atoms with Crippen LogP contribution in [-0.4, -0.2) is 53.5 Å². The lowest BCUT2D eigenvalue weighted by Crippen LogP contribution is -2.49. The first-order valence-corrected chi connectivity index (χ1v) is 11.5. The molecule has 0 bridgehead atoms. The summed E-state index contributed by atoms with van der Waals surface area (Å²) in [4.78, 5) is 41.6. The third kappa shape index (κ3) is 4.18. The quantitative estimate of drug-likeness (QED) is 0.566. The molecule has 3 N–H and O–H groups in total. The van der Waals surface area contributed by atoms with E-state index in [4.69, 9.17) is 0 Å². The summed E-state index contributed by atoms with van der Waals surface area (Å²) in [7, 11) is 1.58. The van der Waals surface area contributed by atoms with E-state index in [1.54, 1.807) is 14.0 Å². The number of amides is 3. The zero-order valence-corrected chi connectivity index (χ0v) is 19.6. The summed E-state index contributed by atoms with van der Waals surface area (Å²) >= 11 is 0. The minimum atomic E-state index is -0.792. The summed E-state index contributed by atoms with van der Waals surface area (Å²) in [5.41, 5.74) is 2.61. The molecule has 3 rings (SSSR count). The fourth-order valence-corrected chi connectivity index (χ4v) is 5.35. The number of aryl methyl sites for hydroxylation is 2. The predicted molar refractivity (Wildman–Crippen MR) is 124 cm³/mol. The minimum Gasteiger partial charge on any atom is -0.394 e. The van der Waals surface area contributed by atoms with E-state index in [2.05, 4.69) is 17.6 Å². The highest BCUT2D eigenvalue weighted by Gasteiger charge is 2.57. The third-order valence-corrected chi connectivity index (χ3v) is 6.96. The van der Waals surface area contributed by atoms with Crippen molar-refractivity contribution in [1.29, 1.82) is 0 Å². The Labute approximate surface area is 190 Å². The Balaban J connectivity index is 2.04. The number of para-hydroxylation sites is 1. The molecule has 7 heteroatoms. The average molecular weight is 442 g/mol. The molecule has 1 aromatic carbocycles. The molecule has 6 atom stereocenters. The molecule has 1 saturated heterocycles. The maximum atomic E-state index is 13.6. The Morgan fingerprint density at radius 3 is 2.38 bits per heavy atom. The monoisotopic (exact) mass is 441 g/mol. The lowest BCUT2D eigenvalue weighted by atomic mass is 9.68. The summed E-state index contributed by atoms with van der Waals surface area (Å²) in [5.74, 6) is -2.36. The van der Waals surface area contributed by atoms with Crippen molar-refractivity contribution in [2.75, 3.05) is 19.0 Å². The van der Waals surface area contributed by atoms with E-state index in [0.717, 1.165) is 29.7 Å². The van der Waals surface area contributed by atoms with Gasteiger partial charge >= 0.3 is 0 Å². The fourth-order valence-electron chi connectivity index (χ4n) is 5.35. The van der Waals surface area contributed by atoms with E-state index in [0.29, 0.717) is 0 Å². The molecule has 0 unspecified atom stereocenters. The van der Waals surface area contributed by atoms with Crippen molar-refractivity contribution in [2.24, 2.45) is 23.7 Å². The number of nitrogens with one attached hydrogen (secondary N) is 2. The van der Waals surface area contributed by atoms with Crippen LogP contribution in [0.3, 0.4) is 0 Å². The molecule has 0 aromatic heterocycles. The van der Waals surface area contributed by atoms with E-state index < -0.39 is 29.8 Å². The van der Waals surface area contributed by atoms with Gasteiger partial charge < -0.3 is 20.6 Å². The van der Waals surface area contributed by atoms with Gasteiger partial charge in [0.1, 0.15) is 6.04 Å². The van der Waals surface area contributed by atoms with Crippen LogP contribution in [0.15, 0.2) is 30.4 Å². The van der Waals surface area contributed by atoms with Crippen LogP contribution in [0, 0.1) is 37.5 Å². The van der Waals surface area contributed by atoms with Crippen LogP contribution < -0.4 is 10.6 Å². The molecule has 7 nitrogen and oxygen atoms in total. The van der Waals surface area contributed by atoms with Crippen molar-refractivity contribution < 1.29 is 19.5 Å². The van der Waals surface area contributed by atoms with E-state index in [-0.39, 0.29) is 30.2 Å². The van der Waals surface area contributed by atoms with E-state index >= 15 is 0 Å². The highest BCUT2D eigenvalue weighted by molar-refractivity contribution is 6.02. The van der Waals surface area contributed by atoms with Crippen molar-refractivity contribution >= 4 is 23.4 Å². The van der Waals surface area contributed by atoms with Crippen LogP contribution in [0.4, 0.5) is 5.69 Å². The zero-order valence-electron chi connectivity index (χ0n) is 19.6. The molecule has 174 valence electrons. The molecule has 0 radical (unpaired) electrons. The molecule has 32 heavy (non-hydrogen) atoms. The average Bonchev–Trinajstić information content (AvgIpc) is 3.08. The van der Waals surface area contributed by atoms with Crippen molar-refractivity contribution in [1.82, 2.24) is 10.2 Å². The van der Waals surface area contributed by atoms with Gasteiger partial charge in [0.05, 0.1) is 24.5 Å². The van der Waals surface area contributed by atoms with Crippen LogP contribution in [0.5, 0.6) is 0 Å². The number of aliphatic hydroxyl groups excluding tert-OH is 1.